The molecule has 3 aliphatic heterocycles. The number of carbonyl (C=O) groups is 1. The highest BCUT2D eigenvalue weighted by Crippen LogP contribution is 2.50. The first-order chi connectivity index (χ1) is 23.7. The summed E-state index contributed by atoms with van der Waals surface area (Å²) in [5.74, 6) is -0.459. The van der Waals surface area contributed by atoms with Gasteiger partial charge in [-0.15, -0.1) is 0 Å². The number of carbonyl (C=O) groups excluding carboxylic acids is 1. The molecule has 2 saturated heterocycles. The van der Waals surface area contributed by atoms with Crippen molar-refractivity contribution in [3.8, 4) is 11.1 Å². The number of aromatic amines is 1. The van der Waals surface area contributed by atoms with Gasteiger partial charge in [0, 0.05) is 47.1 Å². The Labute approximate surface area is 286 Å². The maximum atomic E-state index is 15.0. The van der Waals surface area contributed by atoms with Gasteiger partial charge >= 0.3 is 0 Å². The quantitative estimate of drug-likeness (QED) is 0.0956. The second-order valence-electron chi connectivity index (χ2n) is 13.7. The number of piperidine rings is 1. The number of anilines is 1. The molecule has 3 aliphatic rings. The molecule has 0 radical (unpaired) electrons. The number of aromatic nitrogens is 3. The van der Waals surface area contributed by atoms with Gasteiger partial charge in [-0.3, -0.25) is 19.8 Å². The number of likely N-dealkylation sites (tertiary alicyclic amines) is 1. The van der Waals surface area contributed by atoms with Crippen LogP contribution in [0.5, 0.6) is 0 Å². The fraction of sp³-hybridized carbons (Fsp3) is 0.308. The highest BCUT2D eigenvalue weighted by molar-refractivity contribution is 5.99. The molecule has 49 heavy (non-hydrogen) atoms. The van der Waals surface area contributed by atoms with E-state index >= 15 is 4.39 Å². The van der Waals surface area contributed by atoms with E-state index < -0.39 is 0 Å². The Hall–Kier alpha value is -5.22. The number of nitrogens with two attached hydrogens (primary N) is 1. The minimum absolute atomic E-state index is 0.0355. The van der Waals surface area contributed by atoms with Crippen LogP contribution in [0.3, 0.4) is 0 Å². The number of allylic oxidation sites excluding steroid dienone is 4. The Kier molecular flexibility index (Phi) is 8.81. The van der Waals surface area contributed by atoms with E-state index in [1.165, 1.54) is 19.3 Å². The van der Waals surface area contributed by atoms with Crippen molar-refractivity contribution in [2.75, 3.05) is 18.4 Å². The highest BCUT2D eigenvalue weighted by atomic mass is 19.1. The fourth-order valence-electron chi connectivity index (χ4n) is 6.81. The molecule has 0 bridgehead atoms. The Morgan fingerprint density at radius 1 is 1.10 bits per heavy atom. The fourth-order valence-corrected chi connectivity index (χ4v) is 6.81. The molecule has 2 fully saturated rings. The van der Waals surface area contributed by atoms with Gasteiger partial charge in [0.2, 0.25) is 5.91 Å². The van der Waals surface area contributed by atoms with Crippen molar-refractivity contribution < 1.29 is 9.18 Å². The van der Waals surface area contributed by atoms with E-state index in [2.05, 4.69) is 43.1 Å². The summed E-state index contributed by atoms with van der Waals surface area (Å²) in [7, 11) is 0. The zero-order chi connectivity index (χ0) is 34.2. The van der Waals surface area contributed by atoms with Gasteiger partial charge in [0.25, 0.3) is 0 Å². The molecule has 0 saturated carbocycles. The third-order valence-electron chi connectivity index (χ3n) is 9.29. The van der Waals surface area contributed by atoms with Gasteiger partial charge in [-0.2, -0.15) is 5.10 Å². The zero-order valence-electron chi connectivity index (χ0n) is 28.5. The van der Waals surface area contributed by atoms with E-state index in [4.69, 9.17) is 10.8 Å². The Morgan fingerprint density at radius 2 is 1.92 bits per heavy atom. The number of hydrogen-bond donors (Lipinski definition) is 5. The molecule has 2 aromatic carbocycles. The van der Waals surface area contributed by atoms with Crippen molar-refractivity contribution in [3.63, 3.8) is 0 Å². The summed E-state index contributed by atoms with van der Waals surface area (Å²) < 4.78 is 15.0. The van der Waals surface area contributed by atoms with E-state index in [0.717, 1.165) is 92.3 Å². The summed E-state index contributed by atoms with van der Waals surface area (Å²) in [5.41, 5.74) is 17.7. The summed E-state index contributed by atoms with van der Waals surface area (Å²) in [5, 5.41) is 19.0. The molecule has 1 unspecified atom stereocenters. The number of halogens is 1. The number of benzene rings is 2. The van der Waals surface area contributed by atoms with Crippen molar-refractivity contribution in [3.05, 3.63) is 112 Å². The molecule has 7 rings (SSSR count). The van der Waals surface area contributed by atoms with Crippen LogP contribution in [-0.2, 0) is 11.3 Å². The molecule has 1 atom stereocenters. The summed E-state index contributed by atoms with van der Waals surface area (Å²) in [6.45, 7) is 10.5. The summed E-state index contributed by atoms with van der Waals surface area (Å²) in [6, 6.07) is 11.4. The monoisotopic (exact) mass is 658 g/mol. The maximum absolute atomic E-state index is 15.0. The molecule has 4 aromatic rings. The van der Waals surface area contributed by atoms with Crippen LogP contribution < -0.4 is 21.7 Å². The lowest BCUT2D eigenvalue weighted by atomic mass is 9.93. The second kappa shape index (κ2) is 13.4. The minimum atomic E-state index is -0.235. The highest BCUT2D eigenvalue weighted by Gasteiger charge is 2.42. The number of H-pyrrole nitrogens is 1. The van der Waals surface area contributed by atoms with E-state index in [9.17, 15) is 4.79 Å². The standard InChI is InChI=1S/C39H43FN8O/c1-22(2)12-29(43-39(49)23(3)4)16-27(18-41)25-8-9-32-30(17-25)35(47-46-32)37-38-36(45-38)34-31(19-42-20-33(34)44-37)26-13-24(14-28(40)15-26)21-48-10-6-5-7-11-48/h8-9,12-20,23,36,44-45H,5-7,10-11,21,41H2,1-4H3,(H,43,49)(H,46,47)/b27-18+,29-16+. The Bertz CT molecular complexity index is 2060. The first kappa shape index (κ1) is 32.3. The van der Waals surface area contributed by atoms with Gasteiger partial charge in [-0.25, -0.2) is 4.39 Å². The van der Waals surface area contributed by atoms with Gasteiger partial charge in [-0.1, -0.05) is 31.9 Å². The predicted octanol–water partition coefficient (Wildman–Crippen LogP) is 7.11. The van der Waals surface area contributed by atoms with Crippen molar-refractivity contribution in [1.82, 2.24) is 30.7 Å². The molecule has 10 heteroatoms. The molecule has 252 valence electrons. The molecule has 5 heterocycles. The lowest BCUT2D eigenvalue weighted by Gasteiger charge is -2.26. The van der Waals surface area contributed by atoms with Crippen LogP contribution in [0, 0.1) is 11.7 Å². The van der Waals surface area contributed by atoms with Gasteiger partial charge in [0.1, 0.15) is 11.5 Å². The van der Waals surface area contributed by atoms with Crippen molar-refractivity contribution in [1.29, 1.82) is 0 Å². The van der Waals surface area contributed by atoms with Gasteiger partial charge in [0.05, 0.1) is 34.8 Å². The van der Waals surface area contributed by atoms with Crippen molar-refractivity contribution in [2.24, 2.45) is 11.7 Å². The van der Waals surface area contributed by atoms with Crippen LogP contribution in [0.15, 0.2) is 84.1 Å². The summed E-state index contributed by atoms with van der Waals surface area (Å²) in [4.78, 5) is 19.5. The summed E-state index contributed by atoms with van der Waals surface area (Å²) in [6.07, 6.45) is 12.7. The van der Waals surface area contributed by atoms with Crippen LogP contribution in [0.4, 0.5) is 10.1 Å². The SMILES string of the molecule is CC(C)=C/C(=C\C(=C/N)c1ccc2[nH]nc(C3=C4NC4c4c(cncc4-c4cc(F)cc(CN5CCCCC5)c4)N3)c2c1)NC(=O)C(C)C. The molecular formula is C39H43FN8O. The molecule has 6 N–H and O–H groups in total. The van der Waals surface area contributed by atoms with Gasteiger partial charge < -0.3 is 21.7 Å². The lowest BCUT2D eigenvalue weighted by Crippen LogP contribution is -2.29. The average Bonchev–Trinajstić information content (AvgIpc) is 3.78. The third kappa shape index (κ3) is 6.73. The number of nitrogens with one attached hydrogen (secondary N) is 4. The van der Waals surface area contributed by atoms with Crippen LogP contribution in [0.25, 0.3) is 33.3 Å². The smallest absolute Gasteiger partial charge is 0.226 e. The van der Waals surface area contributed by atoms with Gasteiger partial charge in [0.15, 0.2) is 0 Å². The summed E-state index contributed by atoms with van der Waals surface area (Å²) >= 11 is 0. The number of hydrogen-bond acceptors (Lipinski definition) is 7. The van der Waals surface area contributed by atoms with E-state index in [1.807, 2.05) is 64.4 Å². The second-order valence-corrected chi connectivity index (χ2v) is 13.7. The number of nitrogens with zero attached hydrogens (tertiary/aromatic N) is 3. The lowest BCUT2D eigenvalue weighted by molar-refractivity contribution is -0.123. The zero-order valence-corrected chi connectivity index (χ0v) is 28.5. The third-order valence-corrected chi connectivity index (χ3v) is 9.29. The Morgan fingerprint density at radius 3 is 2.67 bits per heavy atom. The van der Waals surface area contributed by atoms with Crippen LogP contribution in [0.1, 0.15) is 75.4 Å². The van der Waals surface area contributed by atoms with Crippen molar-refractivity contribution >= 4 is 33.8 Å². The van der Waals surface area contributed by atoms with Gasteiger partial charge in [-0.05, 0) is 105 Å². The minimum Gasteiger partial charge on any atom is -0.404 e. The van der Waals surface area contributed by atoms with E-state index in [1.54, 1.807) is 18.3 Å². The number of pyridine rings is 1. The Balaban J connectivity index is 1.20. The molecule has 1 amide bonds. The largest absolute Gasteiger partial charge is 0.404 e. The predicted molar refractivity (Wildman–Crippen MR) is 194 cm³/mol. The van der Waals surface area contributed by atoms with E-state index in [0.29, 0.717) is 5.70 Å². The van der Waals surface area contributed by atoms with E-state index in [-0.39, 0.29) is 23.7 Å². The van der Waals surface area contributed by atoms with Crippen LogP contribution in [0.2, 0.25) is 0 Å². The molecular weight excluding hydrogens is 615 g/mol. The number of fused-ring (bicyclic) bond motifs is 4. The molecule has 9 nitrogen and oxygen atoms in total. The number of rotatable bonds is 9. The maximum Gasteiger partial charge on any atom is 0.226 e. The topological polar surface area (TPSA) is 134 Å². The first-order valence-electron chi connectivity index (χ1n) is 17.0. The van der Waals surface area contributed by atoms with Crippen LogP contribution >= 0.6 is 0 Å². The normalized spacial score (nSPS) is 17.7. The molecule has 2 aromatic heterocycles. The van der Waals surface area contributed by atoms with Crippen molar-refractivity contribution in [2.45, 2.75) is 59.5 Å². The molecule has 0 aliphatic carbocycles. The van der Waals surface area contributed by atoms with Crippen LogP contribution in [-0.4, -0.2) is 39.1 Å². The average molecular weight is 659 g/mol. The molecule has 0 spiro atoms. The number of amides is 1. The first-order valence-corrected chi connectivity index (χ1v) is 17.0.